The molecule has 1 N–H and O–H groups in total. The topological polar surface area (TPSA) is 76.0 Å². The summed E-state index contributed by atoms with van der Waals surface area (Å²) in [6.07, 6.45) is 0. The fourth-order valence-corrected chi connectivity index (χ4v) is 2.69. The van der Waals surface area contributed by atoms with Gasteiger partial charge in [-0.2, -0.15) is 0 Å². The van der Waals surface area contributed by atoms with Gasteiger partial charge in [-0.05, 0) is 34.1 Å². The molecule has 0 saturated heterocycles. The van der Waals surface area contributed by atoms with E-state index in [0.717, 1.165) is 0 Å². The van der Waals surface area contributed by atoms with Crippen molar-refractivity contribution in [1.29, 1.82) is 0 Å². The molecule has 0 aliphatic carbocycles. The van der Waals surface area contributed by atoms with E-state index in [0.29, 0.717) is 26.1 Å². The highest BCUT2D eigenvalue weighted by molar-refractivity contribution is 9.10. The summed E-state index contributed by atoms with van der Waals surface area (Å²) in [5.74, 6) is 0. The highest BCUT2D eigenvalue weighted by atomic mass is 79.9. The third kappa shape index (κ3) is 1.72. The van der Waals surface area contributed by atoms with Gasteiger partial charge in [0.15, 0.2) is 0 Å². The molecule has 0 unspecified atom stereocenters. The summed E-state index contributed by atoms with van der Waals surface area (Å²) in [5.41, 5.74) is 0.170. The summed E-state index contributed by atoms with van der Waals surface area (Å²) >= 11 is 3.19. The van der Waals surface area contributed by atoms with Crippen molar-refractivity contribution in [2.45, 2.75) is 0 Å². The van der Waals surface area contributed by atoms with Gasteiger partial charge in [-0.1, -0.05) is 18.2 Å². The molecule has 2 aromatic carbocycles. The van der Waals surface area contributed by atoms with Crippen LogP contribution < -0.4 is 5.56 Å². The summed E-state index contributed by atoms with van der Waals surface area (Å²) < 4.78 is 0.391. The van der Waals surface area contributed by atoms with Crippen LogP contribution in [0.4, 0.5) is 5.69 Å². The van der Waals surface area contributed by atoms with E-state index in [1.807, 2.05) is 0 Å². The van der Waals surface area contributed by atoms with Crippen LogP contribution in [0.25, 0.3) is 21.7 Å². The highest BCUT2D eigenvalue weighted by Crippen LogP contribution is 2.35. The normalized spacial score (nSPS) is 11.0. The SMILES string of the molecule is O=c1[nH]c2ccc(Br)c([N+](=O)[O-])c2c2ccccc12. The fourth-order valence-electron chi connectivity index (χ4n) is 2.21. The largest absolute Gasteiger partial charge is 0.321 e. The van der Waals surface area contributed by atoms with Gasteiger partial charge < -0.3 is 4.98 Å². The summed E-state index contributed by atoms with van der Waals surface area (Å²) in [6.45, 7) is 0. The zero-order valence-corrected chi connectivity index (χ0v) is 11.1. The Kier molecular flexibility index (Phi) is 2.60. The number of fused-ring (bicyclic) bond motifs is 3. The number of H-pyrrole nitrogens is 1. The smallest absolute Gasteiger partial charge is 0.293 e. The Morgan fingerprint density at radius 3 is 2.47 bits per heavy atom. The summed E-state index contributed by atoms with van der Waals surface area (Å²) in [7, 11) is 0. The Balaban J connectivity index is 2.69. The first-order chi connectivity index (χ1) is 9.09. The molecule has 0 amide bonds. The lowest BCUT2D eigenvalue weighted by atomic mass is 10.1. The number of aromatic amines is 1. The van der Waals surface area contributed by atoms with Gasteiger partial charge in [-0.15, -0.1) is 0 Å². The molecule has 19 heavy (non-hydrogen) atoms. The number of nitro groups is 1. The second-order valence-electron chi connectivity index (χ2n) is 4.08. The van der Waals surface area contributed by atoms with Gasteiger partial charge in [-0.3, -0.25) is 14.9 Å². The van der Waals surface area contributed by atoms with Gasteiger partial charge in [0.05, 0.1) is 20.3 Å². The van der Waals surface area contributed by atoms with Crippen molar-refractivity contribution in [1.82, 2.24) is 4.98 Å². The molecule has 0 saturated carbocycles. The Bertz CT molecular complexity index is 886. The first kappa shape index (κ1) is 11.9. The number of hydrogen-bond donors (Lipinski definition) is 1. The van der Waals surface area contributed by atoms with Crippen LogP contribution >= 0.6 is 15.9 Å². The van der Waals surface area contributed by atoms with Crippen molar-refractivity contribution in [3.8, 4) is 0 Å². The van der Waals surface area contributed by atoms with Gasteiger partial charge in [0.2, 0.25) is 0 Å². The van der Waals surface area contributed by atoms with Crippen molar-refractivity contribution < 1.29 is 4.92 Å². The molecule has 5 nitrogen and oxygen atoms in total. The predicted molar refractivity (Wildman–Crippen MR) is 76.4 cm³/mol. The lowest BCUT2D eigenvalue weighted by Crippen LogP contribution is -2.07. The van der Waals surface area contributed by atoms with Crippen LogP contribution in [-0.4, -0.2) is 9.91 Å². The van der Waals surface area contributed by atoms with Gasteiger partial charge >= 0.3 is 0 Å². The van der Waals surface area contributed by atoms with Gasteiger partial charge in [0.1, 0.15) is 0 Å². The minimum atomic E-state index is -0.447. The third-order valence-electron chi connectivity index (χ3n) is 3.00. The van der Waals surface area contributed by atoms with E-state index in [1.165, 1.54) is 0 Å². The number of nitrogens with zero attached hydrogens (tertiary/aromatic N) is 1. The molecular formula is C13H7BrN2O3. The molecule has 3 aromatic rings. The maximum atomic E-state index is 11.9. The van der Waals surface area contributed by atoms with Crippen LogP contribution in [0.15, 0.2) is 45.7 Å². The second-order valence-corrected chi connectivity index (χ2v) is 4.93. The number of nitro benzene ring substituents is 1. The lowest BCUT2D eigenvalue weighted by molar-refractivity contribution is -0.383. The van der Waals surface area contributed by atoms with E-state index < -0.39 is 4.92 Å². The molecule has 3 rings (SSSR count). The average Bonchev–Trinajstić information content (AvgIpc) is 2.39. The molecule has 0 atom stereocenters. The monoisotopic (exact) mass is 318 g/mol. The fraction of sp³-hybridized carbons (Fsp3) is 0. The van der Waals surface area contributed by atoms with E-state index in [9.17, 15) is 14.9 Å². The minimum Gasteiger partial charge on any atom is -0.321 e. The first-order valence-corrected chi connectivity index (χ1v) is 6.26. The van der Waals surface area contributed by atoms with Gasteiger partial charge in [-0.25, -0.2) is 0 Å². The molecule has 0 aliphatic rings. The van der Waals surface area contributed by atoms with Crippen molar-refractivity contribution in [3.63, 3.8) is 0 Å². The molecule has 1 aromatic heterocycles. The van der Waals surface area contributed by atoms with E-state index in [-0.39, 0.29) is 11.2 Å². The van der Waals surface area contributed by atoms with Crippen LogP contribution in [0, 0.1) is 10.1 Å². The highest BCUT2D eigenvalue weighted by Gasteiger charge is 2.20. The van der Waals surface area contributed by atoms with Crippen LogP contribution in [0.2, 0.25) is 0 Å². The van der Waals surface area contributed by atoms with Crippen molar-refractivity contribution in [2.24, 2.45) is 0 Å². The van der Waals surface area contributed by atoms with Crippen molar-refractivity contribution in [2.75, 3.05) is 0 Å². The molecule has 0 fully saturated rings. The standard InChI is InChI=1S/C13H7BrN2O3/c14-9-5-6-10-11(12(9)16(18)19)7-3-1-2-4-8(7)13(17)15-10/h1-6H,(H,15,17). The maximum Gasteiger partial charge on any atom is 0.293 e. The van der Waals surface area contributed by atoms with Crippen molar-refractivity contribution in [3.05, 3.63) is 61.3 Å². The molecular weight excluding hydrogens is 312 g/mol. The quantitative estimate of drug-likeness (QED) is 0.424. The van der Waals surface area contributed by atoms with Crippen molar-refractivity contribution >= 4 is 43.3 Å². The molecule has 94 valence electrons. The molecule has 0 spiro atoms. The minimum absolute atomic E-state index is 0.0371. The van der Waals surface area contributed by atoms with Crippen LogP contribution in [0.3, 0.4) is 0 Å². The average molecular weight is 319 g/mol. The van der Waals surface area contributed by atoms with Crippen LogP contribution in [0.5, 0.6) is 0 Å². The number of halogens is 1. The second kappa shape index (κ2) is 4.17. The lowest BCUT2D eigenvalue weighted by Gasteiger charge is -2.05. The van der Waals surface area contributed by atoms with Gasteiger partial charge in [0.25, 0.3) is 11.2 Å². The molecule has 0 radical (unpaired) electrons. The van der Waals surface area contributed by atoms with E-state index in [2.05, 4.69) is 20.9 Å². The number of aromatic nitrogens is 1. The zero-order valence-electron chi connectivity index (χ0n) is 9.51. The molecule has 1 heterocycles. The summed E-state index contributed by atoms with van der Waals surface area (Å²) in [4.78, 5) is 25.4. The third-order valence-corrected chi connectivity index (χ3v) is 3.64. The maximum absolute atomic E-state index is 11.9. The molecule has 6 heteroatoms. The van der Waals surface area contributed by atoms with E-state index >= 15 is 0 Å². The number of hydrogen-bond acceptors (Lipinski definition) is 3. The summed E-state index contributed by atoms with van der Waals surface area (Å²) in [5, 5.41) is 12.7. The number of benzene rings is 2. The Labute approximate surface area is 115 Å². The number of nitrogens with one attached hydrogen (secondary N) is 1. The first-order valence-electron chi connectivity index (χ1n) is 5.47. The Hall–Kier alpha value is -2.21. The molecule has 0 bridgehead atoms. The van der Waals surface area contributed by atoms with E-state index in [1.54, 1.807) is 36.4 Å². The van der Waals surface area contributed by atoms with E-state index in [4.69, 9.17) is 0 Å². The number of rotatable bonds is 1. The Morgan fingerprint density at radius 1 is 1.11 bits per heavy atom. The van der Waals surface area contributed by atoms with Crippen LogP contribution in [0.1, 0.15) is 0 Å². The van der Waals surface area contributed by atoms with Crippen LogP contribution in [-0.2, 0) is 0 Å². The zero-order chi connectivity index (χ0) is 13.6. The summed E-state index contributed by atoms with van der Waals surface area (Å²) in [6, 6.07) is 10.1. The number of pyridine rings is 1. The molecule has 0 aliphatic heterocycles. The predicted octanol–water partition coefficient (Wildman–Crippen LogP) is 3.35. The Morgan fingerprint density at radius 2 is 1.79 bits per heavy atom. The van der Waals surface area contributed by atoms with Gasteiger partial charge in [0, 0.05) is 10.8 Å².